The monoisotopic (exact) mass is 474 g/mol. The van der Waals surface area contributed by atoms with Gasteiger partial charge in [0, 0.05) is 24.8 Å². The molecule has 1 N–H and O–H groups in total. The first-order valence-electron chi connectivity index (χ1n) is 9.59. The van der Waals surface area contributed by atoms with E-state index in [1.807, 2.05) is 30.3 Å². The average molecular weight is 475 g/mol. The van der Waals surface area contributed by atoms with E-state index >= 15 is 0 Å². The topological polar surface area (TPSA) is 84.9 Å². The van der Waals surface area contributed by atoms with Crippen LogP contribution in [-0.2, 0) is 16.6 Å². The van der Waals surface area contributed by atoms with Gasteiger partial charge in [0.05, 0.1) is 24.1 Å². The lowest BCUT2D eigenvalue weighted by atomic mass is 10.1. The minimum Gasteiger partial charge on any atom is -0.493 e. The highest BCUT2D eigenvalue weighted by atomic mass is 35.5. The van der Waals surface area contributed by atoms with Crippen molar-refractivity contribution in [2.24, 2.45) is 0 Å². The highest BCUT2D eigenvalue weighted by molar-refractivity contribution is 7.89. The number of hydrogen-bond acceptors (Lipinski definition) is 5. The van der Waals surface area contributed by atoms with Crippen LogP contribution in [0, 0.1) is 0 Å². The van der Waals surface area contributed by atoms with Crippen molar-refractivity contribution in [1.29, 1.82) is 0 Å². The third-order valence-electron chi connectivity index (χ3n) is 4.76. The van der Waals surface area contributed by atoms with Crippen LogP contribution < -0.4 is 14.8 Å². The summed E-state index contributed by atoms with van der Waals surface area (Å²) < 4.78 is 37.4. The van der Waals surface area contributed by atoms with Gasteiger partial charge in [-0.25, -0.2) is 8.42 Å². The number of carbonyl (C=O) groups is 1. The van der Waals surface area contributed by atoms with Gasteiger partial charge in [-0.3, -0.25) is 4.79 Å². The van der Waals surface area contributed by atoms with Crippen molar-refractivity contribution in [2.45, 2.75) is 11.4 Å². The Morgan fingerprint density at radius 1 is 1.00 bits per heavy atom. The first-order valence-corrected chi connectivity index (χ1v) is 11.4. The largest absolute Gasteiger partial charge is 0.493 e. The smallest absolute Gasteiger partial charge is 0.255 e. The molecule has 3 rings (SSSR count). The third kappa shape index (κ3) is 5.21. The molecule has 32 heavy (non-hydrogen) atoms. The Morgan fingerprint density at radius 3 is 2.25 bits per heavy atom. The van der Waals surface area contributed by atoms with Crippen LogP contribution in [0.2, 0.25) is 5.02 Å². The van der Waals surface area contributed by atoms with Gasteiger partial charge in [0.25, 0.3) is 5.91 Å². The Balaban J connectivity index is 1.74. The molecule has 0 bridgehead atoms. The molecule has 7 nitrogen and oxygen atoms in total. The molecule has 3 aromatic rings. The molecule has 0 unspecified atom stereocenters. The Kier molecular flexibility index (Phi) is 7.40. The summed E-state index contributed by atoms with van der Waals surface area (Å²) in [5.41, 5.74) is 1.59. The van der Waals surface area contributed by atoms with Crippen LogP contribution in [0.1, 0.15) is 15.9 Å². The molecule has 0 aliphatic rings. The SMILES string of the molecule is COc1cc(C(=O)Nc2ccc(S(=O)(=O)N(C)Cc3ccccc3)cc2)cc(Cl)c1OC. The van der Waals surface area contributed by atoms with Crippen LogP contribution in [0.15, 0.2) is 71.6 Å². The van der Waals surface area contributed by atoms with E-state index in [0.717, 1.165) is 5.56 Å². The van der Waals surface area contributed by atoms with Crippen molar-refractivity contribution in [1.82, 2.24) is 4.31 Å². The number of methoxy groups -OCH3 is 2. The lowest BCUT2D eigenvalue weighted by Crippen LogP contribution is -2.26. The molecule has 0 saturated carbocycles. The predicted molar refractivity (Wildman–Crippen MR) is 124 cm³/mol. The molecule has 0 radical (unpaired) electrons. The molecule has 0 saturated heterocycles. The number of hydrogen-bond donors (Lipinski definition) is 1. The predicted octanol–water partition coefficient (Wildman–Crippen LogP) is 4.43. The lowest BCUT2D eigenvalue weighted by Gasteiger charge is -2.17. The standard InChI is InChI=1S/C23H23ClN2O5S/c1-26(15-16-7-5-4-6-8-16)32(28,29)19-11-9-18(10-12-19)25-23(27)17-13-20(24)22(31-3)21(14-17)30-2/h4-14H,15H2,1-3H3,(H,25,27). The fourth-order valence-electron chi connectivity index (χ4n) is 3.07. The zero-order valence-electron chi connectivity index (χ0n) is 17.8. The van der Waals surface area contributed by atoms with E-state index in [-0.39, 0.29) is 22.0 Å². The van der Waals surface area contributed by atoms with Gasteiger partial charge in [-0.05, 0) is 42.0 Å². The van der Waals surface area contributed by atoms with Gasteiger partial charge in [0.1, 0.15) is 0 Å². The second-order valence-corrected chi connectivity index (χ2v) is 9.37. The number of rotatable bonds is 8. The Labute approximate surface area is 192 Å². The van der Waals surface area contributed by atoms with E-state index in [4.69, 9.17) is 21.1 Å². The zero-order chi connectivity index (χ0) is 23.3. The molecule has 9 heteroatoms. The van der Waals surface area contributed by atoms with Crippen LogP contribution in [0.4, 0.5) is 5.69 Å². The van der Waals surface area contributed by atoms with Crippen molar-refractivity contribution in [3.05, 3.63) is 82.9 Å². The number of nitrogens with zero attached hydrogens (tertiary/aromatic N) is 1. The van der Waals surface area contributed by atoms with Gasteiger partial charge in [-0.2, -0.15) is 4.31 Å². The number of anilines is 1. The minimum absolute atomic E-state index is 0.128. The van der Waals surface area contributed by atoms with E-state index in [9.17, 15) is 13.2 Å². The normalized spacial score (nSPS) is 11.3. The van der Waals surface area contributed by atoms with Crippen molar-refractivity contribution < 1.29 is 22.7 Å². The number of halogens is 1. The van der Waals surface area contributed by atoms with E-state index in [2.05, 4.69) is 5.32 Å². The van der Waals surface area contributed by atoms with E-state index in [0.29, 0.717) is 17.2 Å². The van der Waals surface area contributed by atoms with Gasteiger partial charge in [-0.1, -0.05) is 41.9 Å². The molecule has 168 valence electrons. The van der Waals surface area contributed by atoms with Crippen LogP contribution in [0.25, 0.3) is 0 Å². The minimum atomic E-state index is -3.68. The van der Waals surface area contributed by atoms with Crippen molar-refractivity contribution in [3.8, 4) is 11.5 Å². The molecule has 3 aromatic carbocycles. The summed E-state index contributed by atoms with van der Waals surface area (Å²) in [7, 11) is 0.745. The molecule has 1 amide bonds. The molecule has 0 spiro atoms. The van der Waals surface area contributed by atoms with Crippen molar-refractivity contribution in [2.75, 3.05) is 26.6 Å². The van der Waals surface area contributed by atoms with Crippen LogP contribution in [-0.4, -0.2) is 39.9 Å². The molecular weight excluding hydrogens is 452 g/mol. The van der Waals surface area contributed by atoms with Gasteiger partial charge >= 0.3 is 0 Å². The van der Waals surface area contributed by atoms with Gasteiger partial charge in [0.15, 0.2) is 11.5 Å². The second-order valence-electron chi connectivity index (χ2n) is 6.92. The van der Waals surface area contributed by atoms with Crippen molar-refractivity contribution in [3.63, 3.8) is 0 Å². The molecule has 0 aromatic heterocycles. The number of ether oxygens (including phenoxy) is 2. The summed E-state index contributed by atoms with van der Waals surface area (Å²) in [5.74, 6) is 0.234. The first-order chi connectivity index (χ1) is 15.3. The number of amides is 1. The summed E-state index contributed by atoms with van der Waals surface area (Å²) >= 11 is 6.16. The second kappa shape index (κ2) is 10.0. The number of nitrogens with one attached hydrogen (secondary N) is 1. The van der Waals surface area contributed by atoms with Gasteiger partial charge in [-0.15, -0.1) is 0 Å². The Hall–Kier alpha value is -3.07. The molecule has 0 aliphatic carbocycles. The fraction of sp³-hybridized carbons (Fsp3) is 0.174. The van der Waals surface area contributed by atoms with E-state index in [1.165, 1.54) is 62.0 Å². The maximum atomic E-state index is 12.9. The molecular formula is C23H23ClN2O5S. The van der Waals surface area contributed by atoms with Crippen LogP contribution in [0.3, 0.4) is 0 Å². The summed E-state index contributed by atoms with van der Waals surface area (Å²) in [5, 5.41) is 2.96. The van der Waals surface area contributed by atoms with E-state index < -0.39 is 15.9 Å². The number of carbonyl (C=O) groups excluding carboxylic acids is 1. The van der Waals surface area contributed by atoms with Crippen LogP contribution >= 0.6 is 11.6 Å². The maximum absolute atomic E-state index is 12.9. The van der Waals surface area contributed by atoms with Crippen molar-refractivity contribution >= 4 is 33.2 Å². The molecule has 0 atom stereocenters. The fourth-order valence-corrected chi connectivity index (χ4v) is 4.51. The van der Waals surface area contributed by atoms with Gasteiger partial charge < -0.3 is 14.8 Å². The number of benzene rings is 3. The first kappa shape index (κ1) is 23.6. The highest BCUT2D eigenvalue weighted by Crippen LogP contribution is 2.36. The highest BCUT2D eigenvalue weighted by Gasteiger charge is 2.21. The maximum Gasteiger partial charge on any atom is 0.255 e. The summed E-state index contributed by atoms with van der Waals surface area (Å²) in [4.78, 5) is 12.8. The Morgan fingerprint density at radius 2 is 1.66 bits per heavy atom. The summed E-state index contributed by atoms with van der Waals surface area (Å²) in [6, 6.07) is 18.3. The zero-order valence-corrected chi connectivity index (χ0v) is 19.4. The summed E-state index contributed by atoms with van der Waals surface area (Å²) in [6.45, 7) is 0.252. The van der Waals surface area contributed by atoms with E-state index in [1.54, 1.807) is 0 Å². The lowest BCUT2D eigenvalue weighted by molar-refractivity contribution is 0.102. The van der Waals surface area contributed by atoms with Gasteiger partial charge in [0.2, 0.25) is 10.0 Å². The molecule has 0 heterocycles. The molecule has 0 fully saturated rings. The molecule has 0 aliphatic heterocycles. The number of sulfonamides is 1. The summed E-state index contributed by atoms with van der Waals surface area (Å²) in [6.07, 6.45) is 0. The third-order valence-corrected chi connectivity index (χ3v) is 6.86. The Bertz CT molecular complexity index is 1200. The van der Waals surface area contributed by atoms with Crippen LogP contribution in [0.5, 0.6) is 11.5 Å². The quantitative estimate of drug-likeness (QED) is 0.522. The average Bonchev–Trinajstić information content (AvgIpc) is 2.79.